The van der Waals surface area contributed by atoms with Crippen LogP contribution in [0.1, 0.15) is 265 Å². The van der Waals surface area contributed by atoms with Crippen LogP contribution < -0.4 is 0 Å². The monoisotopic (exact) mass is 1090 g/mol. The molecule has 0 spiro atoms. The van der Waals surface area contributed by atoms with E-state index >= 15 is 0 Å². The fraction of sp³-hybridized carbons (Fsp3) is 0.603. The zero-order chi connectivity index (χ0) is 57.1. The van der Waals surface area contributed by atoms with Crippen molar-refractivity contribution < 1.29 is 28.6 Å². The van der Waals surface area contributed by atoms with Crippen molar-refractivity contribution in [3.8, 4) is 0 Å². The molecule has 0 aromatic rings. The average Bonchev–Trinajstić information content (AvgIpc) is 3.45. The molecule has 1 atom stereocenters. The van der Waals surface area contributed by atoms with Crippen LogP contribution in [0.5, 0.6) is 0 Å². The van der Waals surface area contributed by atoms with Gasteiger partial charge in [0.1, 0.15) is 13.2 Å². The van der Waals surface area contributed by atoms with Gasteiger partial charge in [0.05, 0.1) is 0 Å². The molecule has 0 N–H and O–H groups in total. The Kier molecular flexibility index (Phi) is 61.4. The van der Waals surface area contributed by atoms with E-state index in [0.717, 1.165) is 128 Å². The minimum Gasteiger partial charge on any atom is -0.462 e. The predicted octanol–water partition coefficient (Wildman–Crippen LogP) is 22.1. The summed E-state index contributed by atoms with van der Waals surface area (Å²) in [5.74, 6) is -1.02. The summed E-state index contributed by atoms with van der Waals surface area (Å²) in [5, 5.41) is 0. The van der Waals surface area contributed by atoms with Gasteiger partial charge >= 0.3 is 17.9 Å². The lowest BCUT2D eigenvalue weighted by atomic mass is 10.1. The van der Waals surface area contributed by atoms with Crippen molar-refractivity contribution in [3.63, 3.8) is 0 Å². The topological polar surface area (TPSA) is 78.9 Å². The van der Waals surface area contributed by atoms with Crippen molar-refractivity contribution in [3.05, 3.63) is 158 Å². The van der Waals surface area contributed by atoms with E-state index in [-0.39, 0.29) is 37.5 Å². The molecule has 0 bridgehead atoms. The maximum Gasteiger partial charge on any atom is 0.306 e. The van der Waals surface area contributed by atoms with Gasteiger partial charge in [0.25, 0.3) is 0 Å². The van der Waals surface area contributed by atoms with Gasteiger partial charge in [-0.2, -0.15) is 0 Å². The number of carbonyl (C=O) groups excluding carboxylic acids is 3. The second-order valence-electron chi connectivity index (χ2n) is 20.5. The quantitative estimate of drug-likeness (QED) is 0.0261. The van der Waals surface area contributed by atoms with E-state index in [2.05, 4.69) is 167 Å². The molecular formula is C73H116O6. The molecule has 6 nitrogen and oxygen atoms in total. The molecule has 444 valence electrons. The van der Waals surface area contributed by atoms with Crippen LogP contribution in [0.4, 0.5) is 0 Å². The van der Waals surface area contributed by atoms with Gasteiger partial charge in [-0.25, -0.2) is 0 Å². The predicted molar refractivity (Wildman–Crippen MR) is 343 cm³/mol. The van der Waals surface area contributed by atoms with Crippen molar-refractivity contribution in [1.82, 2.24) is 0 Å². The number of carbonyl (C=O) groups is 3. The van der Waals surface area contributed by atoms with Crippen LogP contribution in [0.25, 0.3) is 0 Å². The van der Waals surface area contributed by atoms with Crippen LogP contribution in [0.2, 0.25) is 0 Å². The van der Waals surface area contributed by atoms with Gasteiger partial charge in [-0.05, 0) is 135 Å². The Hall–Kier alpha value is -4.97. The minimum atomic E-state index is -0.823. The molecule has 0 aliphatic rings. The Morgan fingerprint density at radius 2 is 0.519 bits per heavy atom. The molecule has 6 heteroatoms. The number of rotatable bonds is 56. The zero-order valence-corrected chi connectivity index (χ0v) is 50.8. The van der Waals surface area contributed by atoms with E-state index in [1.165, 1.54) is 89.9 Å². The molecule has 0 radical (unpaired) electrons. The van der Waals surface area contributed by atoms with Crippen molar-refractivity contribution in [1.29, 1.82) is 0 Å². The lowest BCUT2D eigenvalue weighted by molar-refractivity contribution is -0.166. The molecule has 79 heavy (non-hydrogen) atoms. The largest absolute Gasteiger partial charge is 0.462 e. The molecule has 0 heterocycles. The van der Waals surface area contributed by atoms with Crippen molar-refractivity contribution >= 4 is 17.9 Å². The van der Waals surface area contributed by atoms with E-state index in [1.54, 1.807) is 0 Å². The number of hydrogen-bond donors (Lipinski definition) is 0. The number of unbranched alkanes of at least 4 members (excludes halogenated alkanes) is 19. The van der Waals surface area contributed by atoms with Gasteiger partial charge in [0.15, 0.2) is 6.10 Å². The maximum atomic E-state index is 12.9. The lowest BCUT2D eigenvalue weighted by Gasteiger charge is -2.18. The highest BCUT2D eigenvalue weighted by Gasteiger charge is 2.19. The smallest absolute Gasteiger partial charge is 0.306 e. The van der Waals surface area contributed by atoms with Crippen LogP contribution in [0.3, 0.4) is 0 Å². The molecule has 1 unspecified atom stereocenters. The third-order valence-electron chi connectivity index (χ3n) is 13.0. The van der Waals surface area contributed by atoms with Gasteiger partial charge in [0.2, 0.25) is 0 Å². The number of hydrogen-bond acceptors (Lipinski definition) is 6. The van der Waals surface area contributed by atoms with Crippen molar-refractivity contribution in [2.45, 2.75) is 271 Å². The Labute approximate surface area is 486 Å². The van der Waals surface area contributed by atoms with Crippen LogP contribution in [-0.2, 0) is 28.6 Å². The summed E-state index contributed by atoms with van der Waals surface area (Å²) < 4.78 is 16.8. The molecule has 0 aromatic heterocycles. The normalized spacial score (nSPS) is 13.2. The molecule has 0 amide bonds. The fourth-order valence-electron chi connectivity index (χ4n) is 8.29. The molecule has 0 fully saturated rings. The number of allylic oxidation sites excluding steroid dienone is 26. The molecular weight excluding hydrogens is 973 g/mol. The summed E-state index contributed by atoms with van der Waals surface area (Å²) in [4.78, 5) is 38.2. The number of ether oxygens (including phenoxy) is 3. The molecule has 0 rings (SSSR count). The highest BCUT2D eigenvalue weighted by atomic mass is 16.6. The Bertz CT molecular complexity index is 1780. The highest BCUT2D eigenvalue weighted by Crippen LogP contribution is 2.14. The molecule has 0 aromatic carbocycles. The third-order valence-corrected chi connectivity index (χ3v) is 13.0. The van der Waals surface area contributed by atoms with E-state index in [4.69, 9.17) is 14.2 Å². The van der Waals surface area contributed by atoms with Crippen LogP contribution in [-0.4, -0.2) is 37.2 Å². The second-order valence-corrected chi connectivity index (χ2v) is 20.5. The minimum absolute atomic E-state index is 0.115. The third kappa shape index (κ3) is 63.7. The second kappa shape index (κ2) is 65.5. The van der Waals surface area contributed by atoms with E-state index in [9.17, 15) is 14.4 Å². The first-order chi connectivity index (χ1) is 39.0. The standard InChI is InChI=1S/C73H116O6/c1-4-7-10-13-16-19-22-25-27-29-30-31-32-33-34-35-36-37-38-39-40-41-42-44-45-48-51-54-57-60-63-66-72(75)78-69-70(68-77-71(74)65-62-59-56-53-50-47-24-21-18-15-12-9-6-3)79-73(76)67-64-61-58-55-52-49-46-43-28-26-23-20-17-14-11-8-5-2/h7,9-10,12,16,18-19,21,25-28,30-31,33-34,36-37,39-40,42,44,47,50,56,59,70H,4-6,8,11,13-15,17,20,22-24,29,32,35,38,41,43,45-46,48-49,51-55,57-58,60-69H2,1-3H3/b10-7-,12-9-,19-16-,21-18-,27-25-,28-26-,31-30-,34-33-,37-36-,40-39-,44-42-,50-47-,59-56-. The lowest BCUT2D eigenvalue weighted by Crippen LogP contribution is -2.30. The van der Waals surface area contributed by atoms with Crippen LogP contribution in [0.15, 0.2) is 158 Å². The molecule has 0 saturated heterocycles. The first-order valence-electron chi connectivity index (χ1n) is 32.0. The van der Waals surface area contributed by atoms with Crippen molar-refractivity contribution in [2.75, 3.05) is 13.2 Å². The first kappa shape index (κ1) is 74.0. The Balaban J connectivity index is 4.39. The van der Waals surface area contributed by atoms with E-state index < -0.39 is 6.10 Å². The zero-order valence-electron chi connectivity index (χ0n) is 50.8. The summed E-state index contributed by atoms with van der Waals surface area (Å²) >= 11 is 0. The van der Waals surface area contributed by atoms with E-state index in [0.29, 0.717) is 19.3 Å². The van der Waals surface area contributed by atoms with E-state index in [1.807, 2.05) is 12.2 Å². The fourth-order valence-corrected chi connectivity index (χ4v) is 8.29. The molecule has 0 saturated carbocycles. The van der Waals surface area contributed by atoms with Crippen LogP contribution >= 0.6 is 0 Å². The summed E-state index contributed by atoms with van der Waals surface area (Å²) in [6.07, 6.45) is 95.5. The molecule has 0 aliphatic carbocycles. The average molecular weight is 1090 g/mol. The summed E-state index contributed by atoms with van der Waals surface area (Å²) in [6, 6.07) is 0. The Morgan fingerprint density at radius 1 is 0.266 bits per heavy atom. The summed E-state index contributed by atoms with van der Waals surface area (Å²) in [6.45, 7) is 6.32. The highest BCUT2D eigenvalue weighted by molar-refractivity contribution is 5.71. The summed E-state index contributed by atoms with van der Waals surface area (Å²) in [7, 11) is 0. The number of esters is 3. The van der Waals surface area contributed by atoms with Gasteiger partial charge in [-0.1, -0.05) is 269 Å². The van der Waals surface area contributed by atoms with Gasteiger partial charge < -0.3 is 14.2 Å². The van der Waals surface area contributed by atoms with Gasteiger partial charge in [-0.15, -0.1) is 0 Å². The van der Waals surface area contributed by atoms with Gasteiger partial charge in [-0.3, -0.25) is 14.4 Å². The Morgan fingerprint density at radius 3 is 0.861 bits per heavy atom. The van der Waals surface area contributed by atoms with Gasteiger partial charge in [0, 0.05) is 19.3 Å². The van der Waals surface area contributed by atoms with Crippen LogP contribution in [0, 0.1) is 0 Å². The maximum absolute atomic E-state index is 12.9. The first-order valence-corrected chi connectivity index (χ1v) is 32.0. The molecule has 0 aliphatic heterocycles. The van der Waals surface area contributed by atoms with Crippen molar-refractivity contribution in [2.24, 2.45) is 0 Å². The summed E-state index contributed by atoms with van der Waals surface area (Å²) in [5.41, 5.74) is 0. The SMILES string of the molecule is CC/C=C\C/C=C\C/C=C\C/C=C\C/C=C\C/C=C\C/C=C\C/C=C\CCCCCCCCC(=O)OCC(COC(=O)CC/C=C\C/C=C\C/C=C\C/C=C\CC)OC(=O)CCCCCCCCC/C=C\CCCCCCCC.